The van der Waals surface area contributed by atoms with Gasteiger partial charge in [0.15, 0.2) is 29.1 Å². The number of methoxy groups -OCH3 is 2. The Hall–Kier alpha value is -1.21. The zero-order valence-corrected chi connectivity index (χ0v) is 20.7. The third kappa shape index (κ3) is 8.50. The summed E-state index contributed by atoms with van der Waals surface area (Å²) in [4.78, 5) is 0. The van der Waals surface area contributed by atoms with E-state index in [9.17, 15) is 22.0 Å². The minimum Gasteiger partial charge on any atom is -0.353 e. The Balaban J connectivity index is 2.55. The normalized spacial score (nSPS) is 13.0. The smallest absolute Gasteiger partial charge is 0.200 e. The van der Waals surface area contributed by atoms with Crippen molar-refractivity contribution in [2.24, 2.45) is 5.92 Å². The van der Waals surface area contributed by atoms with Gasteiger partial charge in [-0.25, -0.2) is 22.0 Å². The lowest BCUT2D eigenvalue weighted by molar-refractivity contribution is -0.244. The summed E-state index contributed by atoms with van der Waals surface area (Å²) < 4.78 is 79.0. The summed E-state index contributed by atoms with van der Waals surface area (Å²) in [5, 5.41) is 0. The van der Waals surface area contributed by atoms with Crippen molar-refractivity contribution in [2.75, 3.05) is 14.2 Å². The summed E-state index contributed by atoms with van der Waals surface area (Å²) in [6.07, 6.45) is 12.4. The van der Waals surface area contributed by atoms with Crippen molar-refractivity contribution < 1.29 is 31.4 Å². The molecule has 1 atom stereocenters. The van der Waals surface area contributed by atoms with Gasteiger partial charge in [-0.1, -0.05) is 71.6 Å². The Labute approximate surface area is 196 Å². The molecule has 1 aromatic rings. The zero-order valence-electron chi connectivity index (χ0n) is 20.7. The van der Waals surface area contributed by atoms with E-state index in [1.165, 1.54) is 32.1 Å². The van der Waals surface area contributed by atoms with Gasteiger partial charge < -0.3 is 9.47 Å². The maximum Gasteiger partial charge on any atom is 0.200 e. The molecule has 0 saturated heterocycles. The van der Waals surface area contributed by atoms with E-state index in [4.69, 9.17) is 9.47 Å². The molecule has 0 aromatic heterocycles. The molecule has 0 heterocycles. The van der Waals surface area contributed by atoms with E-state index in [1.807, 2.05) is 6.92 Å². The molecular weight excluding hydrogens is 439 g/mol. The van der Waals surface area contributed by atoms with Crippen LogP contribution in [0.2, 0.25) is 0 Å². The van der Waals surface area contributed by atoms with Gasteiger partial charge in [-0.2, -0.15) is 0 Å². The van der Waals surface area contributed by atoms with Crippen LogP contribution in [0.4, 0.5) is 22.0 Å². The van der Waals surface area contributed by atoms with E-state index in [2.05, 4.69) is 6.92 Å². The maximum absolute atomic E-state index is 13.8. The SMILES string of the molecule is CCCCCCCCC(CCCCCCc1c(F)c(F)c(F)c(F)c1F)C(CC)(OC)OC. The van der Waals surface area contributed by atoms with Crippen molar-refractivity contribution in [1.82, 2.24) is 0 Å². The summed E-state index contributed by atoms with van der Waals surface area (Å²) in [5.41, 5.74) is -0.726. The molecule has 1 aromatic carbocycles. The van der Waals surface area contributed by atoms with Gasteiger partial charge in [-0.15, -0.1) is 0 Å². The van der Waals surface area contributed by atoms with Gasteiger partial charge in [-0.05, 0) is 32.1 Å². The quantitative estimate of drug-likeness (QED) is 0.0688. The molecule has 0 bridgehead atoms. The van der Waals surface area contributed by atoms with Gasteiger partial charge >= 0.3 is 0 Å². The molecule has 0 radical (unpaired) electrons. The first-order valence-electron chi connectivity index (χ1n) is 12.4. The Morgan fingerprint density at radius 1 is 0.606 bits per heavy atom. The standard InChI is InChI=1S/C26H41F5O2/c1-5-7-8-9-10-13-16-19(26(6-2,32-3)33-4)17-14-11-12-15-18-20-21(27)23(29)25(31)24(30)22(20)28/h19H,5-18H2,1-4H3. The van der Waals surface area contributed by atoms with Crippen molar-refractivity contribution in [1.29, 1.82) is 0 Å². The molecule has 0 aliphatic rings. The topological polar surface area (TPSA) is 18.5 Å². The van der Waals surface area contributed by atoms with Crippen LogP contribution >= 0.6 is 0 Å². The largest absolute Gasteiger partial charge is 0.353 e. The predicted octanol–water partition coefficient (Wildman–Crippen LogP) is 8.64. The molecule has 33 heavy (non-hydrogen) atoms. The first kappa shape index (κ1) is 29.8. The van der Waals surface area contributed by atoms with Crippen LogP contribution in [0.3, 0.4) is 0 Å². The second-order valence-corrected chi connectivity index (χ2v) is 8.83. The Morgan fingerprint density at radius 2 is 1.03 bits per heavy atom. The number of benzene rings is 1. The highest BCUT2D eigenvalue weighted by atomic mass is 19.2. The molecule has 2 nitrogen and oxygen atoms in total. The lowest BCUT2D eigenvalue weighted by atomic mass is 9.85. The molecule has 0 aliphatic heterocycles. The molecule has 0 amide bonds. The highest BCUT2D eigenvalue weighted by Crippen LogP contribution is 2.35. The Morgan fingerprint density at radius 3 is 1.48 bits per heavy atom. The van der Waals surface area contributed by atoms with Crippen LogP contribution in [0.1, 0.15) is 103 Å². The van der Waals surface area contributed by atoms with Gasteiger partial charge in [0.05, 0.1) is 0 Å². The predicted molar refractivity (Wildman–Crippen MR) is 122 cm³/mol. The van der Waals surface area contributed by atoms with Crippen molar-refractivity contribution in [3.63, 3.8) is 0 Å². The molecule has 0 fully saturated rings. The Bertz CT molecular complexity index is 654. The average Bonchev–Trinajstić information content (AvgIpc) is 2.83. The number of rotatable bonds is 18. The molecule has 192 valence electrons. The molecular formula is C26H41F5O2. The fraction of sp³-hybridized carbons (Fsp3) is 0.769. The highest BCUT2D eigenvalue weighted by molar-refractivity contribution is 5.24. The first-order chi connectivity index (χ1) is 15.8. The molecule has 0 aliphatic carbocycles. The molecule has 0 N–H and O–H groups in total. The van der Waals surface area contributed by atoms with Crippen LogP contribution in [-0.4, -0.2) is 20.0 Å². The summed E-state index contributed by atoms with van der Waals surface area (Å²) >= 11 is 0. The maximum atomic E-state index is 13.8. The van der Waals surface area contributed by atoms with E-state index in [0.29, 0.717) is 12.8 Å². The summed E-state index contributed by atoms with van der Waals surface area (Å²) in [5.74, 6) is -9.71. The first-order valence-corrected chi connectivity index (χ1v) is 12.4. The van der Waals surface area contributed by atoms with E-state index < -0.39 is 40.4 Å². The number of halogens is 5. The van der Waals surface area contributed by atoms with Crippen molar-refractivity contribution in [3.05, 3.63) is 34.6 Å². The second-order valence-electron chi connectivity index (χ2n) is 8.83. The van der Waals surface area contributed by atoms with Crippen molar-refractivity contribution >= 4 is 0 Å². The van der Waals surface area contributed by atoms with Crippen molar-refractivity contribution in [2.45, 2.75) is 110 Å². The minimum atomic E-state index is -2.11. The summed E-state index contributed by atoms with van der Waals surface area (Å²) in [6, 6.07) is 0. The van der Waals surface area contributed by atoms with Crippen LogP contribution in [0.15, 0.2) is 0 Å². The van der Waals surface area contributed by atoms with Crippen LogP contribution < -0.4 is 0 Å². The Kier molecular flexibility index (Phi) is 14.1. The van der Waals surface area contributed by atoms with Gasteiger partial charge in [-0.3, -0.25) is 0 Å². The monoisotopic (exact) mass is 480 g/mol. The highest BCUT2D eigenvalue weighted by Gasteiger charge is 2.36. The molecule has 0 spiro atoms. The average molecular weight is 481 g/mol. The fourth-order valence-electron chi connectivity index (χ4n) is 4.67. The van der Waals surface area contributed by atoms with Gasteiger partial charge in [0.1, 0.15) is 0 Å². The van der Waals surface area contributed by atoms with Crippen LogP contribution in [0.5, 0.6) is 0 Å². The molecule has 1 unspecified atom stereocenters. The van der Waals surface area contributed by atoms with Gasteiger partial charge in [0.25, 0.3) is 0 Å². The van der Waals surface area contributed by atoms with Gasteiger partial charge in [0.2, 0.25) is 5.82 Å². The lowest BCUT2D eigenvalue weighted by Crippen LogP contribution is -2.41. The lowest BCUT2D eigenvalue weighted by Gasteiger charge is -2.38. The minimum absolute atomic E-state index is 0.179. The fourth-order valence-corrected chi connectivity index (χ4v) is 4.67. The number of ether oxygens (including phenoxy) is 2. The number of hydrogen-bond acceptors (Lipinski definition) is 2. The van der Waals surface area contributed by atoms with E-state index in [0.717, 1.165) is 38.5 Å². The van der Waals surface area contributed by atoms with Crippen LogP contribution in [0.25, 0.3) is 0 Å². The molecule has 1 rings (SSSR count). The van der Waals surface area contributed by atoms with E-state index in [-0.39, 0.29) is 12.3 Å². The number of unbranched alkanes of at least 4 members (excludes halogenated alkanes) is 8. The second kappa shape index (κ2) is 15.6. The van der Waals surface area contributed by atoms with E-state index in [1.54, 1.807) is 14.2 Å². The van der Waals surface area contributed by atoms with Crippen LogP contribution in [-0.2, 0) is 15.9 Å². The molecule has 0 saturated carbocycles. The zero-order chi connectivity index (χ0) is 24.9. The summed E-state index contributed by atoms with van der Waals surface area (Å²) in [6.45, 7) is 4.25. The summed E-state index contributed by atoms with van der Waals surface area (Å²) in [7, 11) is 3.34. The third-order valence-corrected chi connectivity index (χ3v) is 6.74. The van der Waals surface area contributed by atoms with E-state index >= 15 is 0 Å². The number of hydrogen-bond donors (Lipinski definition) is 0. The molecule has 7 heteroatoms. The van der Waals surface area contributed by atoms with Gasteiger partial charge in [0, 0.05) is 25.7 Å². The van der Waals surface area contributed by atoms with Crippen molar-refractivity contribution in [3.8, 4) is 0 Å². The third-order valence-electron chi connectivity index (χ3n) is 6.74. The van der Waals surface area contributed by atoms with Crippen LogP contribution in [0, 0.1) is 35.0 Å².